The van der Waals surface area contributed by atoms with Crippen molar-refractivity contribution in [2.24, 2.45) is 0 Å². The fourth-order valence-electron chi connectivity index (χ4n) is 5.56. The van der Waals surface area contributed by atoms with Gasteiger partial charge in [0.15, 0.2) is 11.0 Å². The van der Waals surface area contributed by atoms with E-state index in [4.69, 9.17) is 21.1 Å². The topological polar surface area (TPSA) is 63.6 Å². The van der Waals surface area contributed by atoms with E-state index in [-0.39, 0.29) is 34.9 Å². The van der Waals surface area contributed by atoms with E-state index < -0.39 is 12.0 Å². The van der Waals surface area contributed by atoms with Crippen LogP contribution in [0.3, 0.4) is 0 Å². The van der Waals surface area contributed by atoms with Crippen LogP contribution in [-0.4, -0.2) is 77.1 Å². The van der Waals surface area contributed by atoms with Crippen molar-refractivity contribution in [3.8, 4) is 6.01 Å². The van der Waals surface area contributed by atoms with Crippen LogP contribution in [0.5, 0.6) is 6.01 Å². The molecule has 4 aliphatic rings. The highest BCUT2D eigenvalue weighted by Crippen LogP contribution is 2.43. The van der Waals surface area contributed by atoms with Gasteiger partial charge in [0, 0.05) is 19.5 Å². The Morgan fingerprint density at radius 2 is 2.16 bits per heavy atom. The Labute approximate surface area is 183 Å². The maximum absolute atomic E-state index is 15.0. The van der Waals surface area contributed by atoms with Gasteiger partial charge in [0.2, 0.25) is 0 Å². The molecule has 0 unspecified atom stereocenters. The predicted molar refractivity (Wildman–Crippen MR) is 112 cm³/mol. The Bertz CT molecular complexity index is 1100. The summed E-state index contributed by atoms with van der Waals surface area (Å²) >= 11 is 6.09. The molecule has 0 bridgehead atoms. The van der Waals surface area contributed by atoms with E-state index in [0.717, 1.165) is 19.4 Å². The Kier molecular flexibility index (Phi) is 4.39. The molecule has 10 heteroatoms. The monoisotopic (exact) mass is 449 g/mol. The fraction of sp³-hybridized carbons (Fsp3) is 0.571. The Balaban J connectivity index is 1.43. The molecule has 0 N–H and O–H groups in total. The highest BCUT2D eigenvalue weighted by molar-refractivity contribution is 6.30. The average molecular weight is 450 g/mol. The van der Waals surface area contributed by atoms with Crippen LogP contribution >= 0.6 is 11.6 Å². The van der Waals surface area contributed by atoms with Gasteiger partial charge in [0.25, 0.3) is 0 Å². The number of hydrogen-bond acceptors (Lipinski definition) is 7. The van der Waals surface area contributed by atoms with Crippen LogP contribution < -0.4 is 9.64 Å². The smallest absolute Gasteiger partial charge is 0.319 e. The van der Waals surface area contributed by atoms with Crippen LogP contribution in [0.1, 0.15) is 25.0 Å². The third-order valence-electron chi connectivity index (χ3n) is 7.04. The number of alkyl halides is 1. The first kappa shape index (κ1) is 19.6. The van der Waals surface area contributed by atoms with Crippen molar-refractivity contribution >= 4 is 33.9 Å². The van der Waals surface area contributed by atoms with E-state index in [9.17, 15) is 8.78 Å². The molecular formula is C21H22ClF2N5O2. The highest BCUT2D eigenvalue weighted by atomic mass is 35.5. The average Bonchev–Trinajstić information content (AvgIpc) is 3.29. The number of ether oxygens (including phenoxy) is 2. The number of halogens is 3. The third kappa shape index (κ3) is 2.86. The number of nitrogens with zero attached hydrogens (tertiary/aromatic N) is 5. The lowest BCUT2D eigenvalue weighted by Crippen LogP contribution is -2.48. The molecule has 3 atom stereocenters. The minimum absolute atomic E-state index is 0.0657. The zero-order valence-electron chi connectivity index (χ0n) is 16.9. The van der Waals surface area contributed by atoms with E-state index in [2.05, 4.69) is 26.4 Å². The molecule has 0 saturated carbocycles. The van der Waals surface area contributed by atoms with Crippen molar-refractivity contribution in [2.45, 2.75) is 37.0 Å². The first-order valence-electron chi connectivity index (χ1n) is 10.6. The molecule has 31 heavy (non-hydrogen) atoms. The minimum Gasteiger partial charge on any atom is -0.461 e. The maximum atomic E-state index is 15.0. The zero-order chi connectivity index (χ0) is 21.3. The molecule has 6 rings (SSSR count). The Morgan fingerprint density at radius 1 is 1.29 bits per heavy atom. The van der Waals surface area contributed by atoms with Crippen molar-refractivity contribution in [3.05, 3.63) is 23.2 Å². The molecule has 0 amide bonds. The molecule has 2 aromatic heterocycles. The van der Waals surface area contributed by atoms with Crippen LogP contribution in [0.2, 0.25) is 5.15 Å². The summed E-state index contributed by atoms with van der Waals surface area (Å²) in [5.74, 6) is -0.159. The van der Waals surface area contributed by atoms with Gasteiger partial charge in [-0.3, -0.25) is 4.90 Å². The molecule has 0 radical (unpaired) electrons. The summed E-state index contributed by atoms with van der Waals surface area (Å²) in [6.45, 7) is 7.27. The lowest BCUT2D eigenvalue weighted by Gasteiger charge is -2.41. The summed E-state index contributed by atoms with van der Waals surface area (Å²) in [7, 11) is 0. The molecule has 0 spiro atoms. The van der Waals surface area contributed by atoms with Crippen LogP contribution in [-0.2, 0) is 4.74 Å². The van der Waals surface area contributed by atoms with Crippen LogP contribution in [0.15, 0.2) is 6.58 Å². The third-order valence-corrected chi connectivity index (χ3v) is 7.29. The normalized spacial score (nSPS) is 30.0. The second-order valence-corrected chi connectivity index (χ2v) is 9.15. The molecule has 6 heterocycles. The molecular weight excluding hydrogens is 428 g/mol. The van der Waals surface area contributed by atoms with Gasteiger partial charge in [0.05, 0.1) is 35.9 Å². The summed E-state index contributed by atoms with van der Waals surface area (Å²) in [5, 5.41) is 0.226. The summed E-state index contributed by atoms with van der Waals surface area (Å²) < 4.78 is 40.7. The molecule has 0 aromatic carbocycles. The van der Waals surface area contributed by atoms with Crippen LogP contribution in [0.25, 0.3) is 16.5 Å². The second kappa shape index (κ2) is 6.95. The van der Waals surface area contributed by atoms with Gasteiger partial charge in [-0.15, -0.1) is 0 Å². The van der Waals surface area contributed by atoms with Crippen molar-refractivity contribution in [1.29, 1.82) is 0 Å². The largest absolute Gasteiger partial charge is 0.461 e. The number of anilines is 1. The number of hydrogen-bond donors (Lipinski definition) is 0. The van der Waals surface area contributed by atoms with E-state index in [1.807, 2.05) is 4.90 Å². The number of pyridine rings is 1. The molecule has 4 aliphatic heterocycles. The van der Waals surface area contributed by atoms with Crippen molar-refractivity contribution in [1.82, 2.24) is 19.9 Å². The van der Waals surface area contributed by atoms with Gasteiger partial charge in [0.1, 0.15) is 24.1 Å². The number of rotatable bonds is 3. The van der Waals surface area contributed by atoms with Gasteiger partial charge in [-0.25, -0.2) is 13.8 Å². The first-order valence-corrected chi connectivity index (χ1v) is 11.0. The molecule has 2 aromatic rings. The van der Waals surface area contributed by atoms with Crippen LogP contribution in [0.4, 0.5) is 14.6 Å². The van der Waals surface area contributed by atoms with Crippen molar-refractivity contribution in [2.75, 3.05) is 44.4 Å². The first-order chi connectivity index (χ1) is 15.0. The fourth-order valence-corrected chi connectivity index (χ4v) is 5.74. The SMILES string of the molecule is C=C1c2nc(Cl)c(F)c3nc(OC[C@@]45CCCN4C[C@H](F)C5)nc(c23)N2CCOC[C@@H]12. The molecule has 164 valence electrons. The standard InChI is InChI=1S/C21H22ClF2N5O2/c1-11-13-9-30-6-5-29(13)19-14-16(11)25-18(22)15(24)17(14)26-20(27-19)31-10-21-3-2-4-28(21)8-12(23)7-21/h12-13H,1-10H2/t12-,13+,21+/m1/s1. The lowest BCUT2D eigenvalue weighted by atomic mass is 9.95. The number of morpholine rings is 1. The zero-order valence-corrected chi connectivity index (χ0v) is 17.7. The lowest BCUT2D eigenvalue weighted by molar-refractivity contribution is 0.104. The number of fused-ring (bicyclic) bond motifs is 3. The predicted octanol–water partition coefficient (Wildman–Crippen LogP) is 3.00. The quantitative estimate of drug-likeness (QED) is 0.667. The van der Waals surface area contributed by atoms with E-state index >= 15 is 0 Å². The molecule has 7 nitrogen and oxygen atoms in total. The van der Waals surface area contributed by atoms with E-state index in [0.29, 0.717) is 55.2 Å². The molecule has 3 fully saturated rings. The van der Waals surface area contributed by atoms with Crippen molar-refractivity contribution in [3.63, 3.8) is 0 Å². The molecule has 0 aliphatic carbocycles. The second-order valence-electron chi connectivity index (χ2n) is 8.79. The Hall–Kier alpha value is -2.10. The maximum Gasteiger partial charge on any atom is 0.319 e. The van der Waals surface area contributed by atoms with Gasteiger partial charge in [-0.05, 0) is 25.0 Å². The van der Waals surface area contributed by atoms with Crippen molar-refractivity contribution < 1.29 is 18.3 Å². The summed E-state index contributed by atoms with van der Waals surface area (Å²) in [6.07, 6.45) is 1.46. The summed E-state index contributed by atoms with van der Waals surface area (Å²) in [6, 6.07) is -0.0943. The van der Waals surface area contributed by atoms with E-state index in [1.165, 1.54) is 0 Å². The Morgan fingerprint density at radius 3 is 3.03 bits per heavy atom. The minimum atomic E-state index is -0.854. The van der Waals surface area contributed by atoms with Gasteiger partial charge in [-0.1, -0.05) is 18.2 Å². The summed E-state index contributed by atoms with van der Waals surface area (Å²) in [5.41, 5.74) is 0.921. The van der Waals surface area contributed by atoms with Crippen LogP contribution in [0, 0.1) is 5.82 Å². The number of aromatic nitrogens is 3. The highest BCUT2D eigenvalue weighted by Gasteiger charge is 2.49. The molecule has 3 saturated heterocycles. The van der Waals surface area contributed by atoms with Gasteiger partial charge in [-0.2, -0.15) is 9.97 Å². The summed E-state index contributed by atoms with van der Waals surface area (Å²) in [4.78, 5) is 17.4. The van der Waals surface area contributed by atoms with Gasteiger partial charge >= 0.3 is 6.01 Å². The van der Waals surface area contributed by atoms with E-state index in [1.54, 1.807) is 0 Å². The van der Waals surface area contributed by atoms with Gasteiger partial charge < -0.3 is 14.4 Å².